The van der Waals surface area contributed by atoms with Crippen LogP contribution in [0.2, 0.25) is 0 Å². The number of carbonyl (C=O) groups excluding carboxylic acids is 2. The summed E-state index contributed by atoms with van der Waals surface area (Å²) < 4.78 is 0. The van der Waals surface area contributed by atoms with Gasteiger partial charge in [-0.2, -0.15) is 0 Å². The SMILES string of the molecule is CCCCC(CC)CNC(=O)C=CC(=O)NCC(CC)CCCC. The summed E-state index contributed by atoms with van der Waals surface area (Å²) in [6.45, 7) is 10.0. The van der Waals surface area contributed by atoms with Crippen molar-refractivity contribution < 1.29 is 9.59 Å². The molecular weight excluding hydrogens is 300 g/mol. The maximum atomic E-state index is 11.8. The Morgan fingerprint density at radius 2 is 1.12 bits per heavy atom. The Hall–Kier alpha value is -1.32. The molecule has 4 heteroatoms. The highest BCUT2D eigenvalue weighted by molar-refractivity contribution is 5.96. The van der Waals surface area contributed by atoms with Crippen LogP contribution in [0.4, 0.5) is 0 Å². The number of carbonyl (C=O) groups is 2. The van der Waals surface area contributed by atoms with Crippen molar-refractivity contribution in [3.05, 3.63) is 12.2 Å². The molecule has 0 bridgehead atoms. The molecule has 0 aromatic heterocycles. The molecule has 2 unspecified atom stereocenters. The van der Waals surface area contributed by atoms with Crippen LogP contribution in [-0.4, -0.2) is 24.9 Å². The molecule has 2 atom stereocenters. The molecule has 140 valence electrons. The number of hydrogen-bond acceptors (Lipinski definition) is 2. The van der Waals surface area contributed by atoms with E-state index in [1.54, 1.807) is 0 Å². The van der Waals surface area contributed by atoms with Gasteiger partial charge in [0.2, 0.25) is 11.8 Å². The Labute approximate surface area is 148 Å². The van der Waals surface area contributed by atoms with Crippen molar-refractivity contribution in [2.24, 2.45) is 11.8 Å². The smallest absolute Gasteiger partial charge is 0.244 e. The van der Waals surface area contributed by atoms with Gasteiger partial charge in [-0.15, -0.1) is 0 Å². The van der Waals surface area contributed by atoms with E-state index in [4.69, 9.17) is 0 Å². The first-order chi connectivity index (χ1) is 11.6. The molecule has 0 saturated heterocycles. The monoisotopic (exact) mass is 338 g/mol. The summed E-state index contributed by atoms with van der Waals surface area (Å²) in [5.74, 6) is 0.691. The van der Waals surface area contributed by atoms with E-state index in [1.165, 1.54) is 37.8 Å². The summed E-state index contributed by atoms with van der Waals surface area (Å²) >= 11 is 0. The Kier molecular flexibility index (Phi) is 14.4. The Balaban J connectivity index is 4.04. The maximum absolute atomic E-state index is 11.8. The minimum atomic E-state index is -0.182. The normalized spacial score (nSPS) is 13.7. The standard InChI is InChI=1S/C20H38N2O2/c1-5-9-11-17(7-3)15-21-19(23)13-14-20(24)22-16-18(8-4)12-10-6-2/h13-14,17-18H,5-12,15-16H2,1-4H3,(H,21,23)(H,22,24). The molecule has 0 radical (unpaired) electrons. The van der Waals surface area contributed by atoms with Gasteiger partial charge in [0.25, 0.3) is 0 Å². The minimum absolute atomic E-state index is 0.182. The van der Waals surface area contributed by atoms with Crippen molar-refractivity contribution >= 4 is 11.8 Å². The number of unbranched alkanes of at least 4 members (excludes halogenated alkanes) is 2. The van der Waals surface area contributed by atoms with Crippen LogP contribution in [0, 0.1) is 11.8 Å². The minimum Gasteiger partial charge on any atom is -0.352 e. The lowest BCUT2D eigenvalue weighted by atomic mass is 9.99. The molecule has 2 amide bonds. The van der Waals surface area contributed by atoms with E-state index in [2.05, 4.69) is 38.3 Å². The van der Waals surface area contributed by atoms with E-state index < -0.39 is 0 Å². The van der Waals surface area contributed by atoms with Gasteiger partial charge in [-0.05, 0) is 24.7 Å². The van der Waals surface area contributed by atoms with Crippen LogP contribution in [0.15, 0.2) is 12.2 Å². The highest BCUT2D eigenvalue weighted by Gasteiger charge is 2.08. The summed E-state index contributed by atoms with van der Waals surface area (Å²) in [4.78, 5) is 23.6. The van der Waals surface area contributed by atoms with Gasteiger partial charge >= 0.3 is 0 Å². The summed E-state index contributed by atoms with van der Waals surface area (Å²) in [7, 11) is 0. The van der Waals surface area contributed by atoms with Gasteiger partial charge in [-0.25, -0.2) is 0 Å². The largest absolute Gasteiger partial charge is 0.352 e. The van der Waals surface area contributed by atoms with Crippen molar-refractivity contribution in [2.45, 2.75) is 79.1 Å². The second kappa shape index (κ2) is 15.2. The predicted molar refractivity (Wildman–Crippen MR) is 102 cm³/mol. The second-order valence-electron chi connectivity index (χ2n) is 6.66. The summed E-state index contributed by atoms with van der Waals surface area (Å²) in [6.07, 6.45) is 11.9. The van der Waals surface area contributed by atoms with E-state index >= 15 is 0 Å². The fourth-order valence-corrected chi connectivity index (χ4v) is 2.65. The zero-order chi connectivity index (χ0) is 18.2. The van der Waals surface area contributed by atoms with E-state index in [-0.39, 0.29) is 11.8 Å². The second-order valence-corrected chi connectivity index (χ2v) is 6.66. The van der Waals surface area contributed by atoms with E-state index in [1.807, 2.05) is 0 Å². The van der Waals surface area contributed by atoms with Gasteiger partial charge in [0.15, 0.2) is 0 Å². The molecule has 0 fully saturated rings. The lowest BCUT2D eigenvalue weighted by Gasteiger charge is -2.15. The van der Waals surface area contributed by atoms with Crippen molar-refractivity contribution in [3.8, 4) is 0 Å². The third-order valence-electron chi connectivity index (χ3n) is 4.60. The van der Waals surface area contributed by atoms with Crippen molar-refractivity contribution in [1.82, 2.24) is 10.6 Å². The molecule has 0 saturated carbocycles. The van der Waals surface area contributed by atoms with Gasteiger partial charge in [0, 0.05) is 25.2 Å². The van der Waals surface area contributed by atoms with E-state index in [0.717, 1.165) is 25.7 Å². The Bertz CT molecular complexity index is 333. The van der Waals surface area contributed by atoms with Crippen molar-refractivity contribution in [3.63, 3.8) is 0 Å². The molecule has 0 aliphatic carbocycles. The third-order valence-corrected chi connectivity index (χ3v) is 4.60. The summed E-state index contributed by atoms with van der Waals surface area (Å²) in [5.41, 5.74) is 0. The molecule has 0 heterocycles. The molecule has 0 rings (SSSR count). The van der Waals surface area contributed by atoms with Crippen molar-refractivity contribution in [1.29, 1.82) is 0 Å². The van der Waals surface area contributed by atoms with E-state index in [0.29, 0.717) is 24.9 Å². The zero-order valence-corrected chi connectivity index (χ0v) is 16.2. The van der Waals surface area contributed by atoms with Gasteiger partial charge in [-0.1, -0.05) is 66.2 Å². The molecule has 24 heavy (non-hydrogen) atoms. The molecule has 0 aromatic rings. The van der Waals surface area contributed by atoms with Gasteiger partial charge in [0.1, 0.15) is 0 Å². The third kappa shape index (κ3) is 12.1. The molecule has 4 nitrogen and oxygen atoms in total. The fraction of sp³-hybridized carbons (Fsp3) is 0.800. The Morgan fingerprint density at radius 1 is 0.750 bits per heavy atom. The first-order valence-corrected chi connectivity index (χ1v) is 9.80. The van der Waals surface area contributed by atoms with Crippen LogP contribution in [-0.2, 0) is 9.59 Å². The predicted octanol–water partition coefficient (Wildman–Crippen LogP) is 4.21. The fourth-order valence-electron chi connectivity index (χ4n) is 2.65. The van der Waals surface area contributed by atoms with Crippen molar-refractivity contribution in [2.75, 3.05) is 13.1 Å². The van der Waals surface area contributed by atoms with Crippen LogP contribution in [0.5, 0.6) is 0 Å². The molecule has 0 aromatic carbocycles. The van der Waals surface area contributed by atoms with Crippen LogP contribution in [0.25, 0.3) is 0 Å². The average Bonchev–Trinajstić information content (AvgIpc) is 2.60. The number of hydrogen-bond donors (Lipinski definition) is 2. The molecule has 0 aliphatic heterocycles. The Morgan fingerprint density at radius 3 is 1.42 bits per heavy atom. The molecule has 0 aliphatic rings. The highest BCUT2D eigenvalue weighted by Crippen LogP contribution is 2.11. The maximum Gasteiger partial charge on any atom is 0.244 e. The average molecular weight is 339 g/mol. The van der Waals surface area contributed by atoms with Gasteiger partial charge < -0.3 is 10.6 Å². The zero-order valence-electron chi connectivity index (χ0n) is 16.2. The molecule has 0 spiro atoms. The number of nitrogens with one attached hydrogen (secondary N) is 2. The lowest BCUT2D eigenvalue weighted by Crippen LogP contribution is -2.30. The first-order valence-electron chi connectivity index (χ1n) is 9.80. The van der Waals surface area contributed by atoms with Crippen LogP contribution in [0.1, 0.15) is 79.1 Å². The quantitative estimate of drug-likeness (QED) is 0.466. The van der Waals surface area contributed by atoms with Crippen LogP contribution < -0.4 is 10.6 Å². The van der Waals surface area contributed by atoms with Crippen LogP contribution in [0.3, 0.4) is 0 Å². The van der Waals surface area contributed by atoms with Crippen LogP contribution >= 0.6 is 0 Å². The number of rotatable bonds is 14. The summed E-state index contributed by atoms with van der Waals surface area (Å²) in [5, 5.41) is 5.79. The van der Waals surface area contributed by atoms with Gasteiger partial charge in [-0.3, -0.25) is 9.59 Å². The highest BCUT2D eigenvalue weighted by atomic mass is 16.2. The topological polar surface area (TPSA) is 58.2 Å². The van der Waals surface area contributed by atoms with Gasteiger partial charge in [0.05, 0.1) is 0 Å². The lowest BCUT2D eigenvalue weighted by molar-refractivity contribution is -0.118. The first kappa shape index (κ1) is 22.7. The summed E-state index contributed by atoms with van der Waals surface area (Å²) in [6, 6.07) is 0. The number of amides is 2. The van der Waals surface area contributed by atoms with E-state index in [9.17, 15) is 9.59 Å². The molecule has 2 N–H and O–H groups in total. The molecular formula is C20H38N2O2.